The van der Waals surface area contributed by atoms with Crippen molar-refractivity contribution in [2.24, 2.45) is 0 Å². The van der Waals surface area contributed by atoms with E-state index in [2.05, 4.69) is 9.88 Å². The maximum absolute atomic E-state index is 12.7. The molecule has 134 valence electrons. The fourth-order valence-corrected chi connectivity index (χ4v) is 4.16. The summed E-state index contributed by atoms with van der Waals surface area (Å²) < 4.78 is 0. The molecule has 0 aliphatic carbocycles. The smallest absolute Gasteiger partial charge is 0.227 e. The Kier molecular flexibility index (Phi) is 4.79. The molecule has 1 aliphatic heterocycles. The third kappa shape index (κ3) is 3.27. The Hall–Kier alpha value is -2.17. The highest BCUT2D eigenvalue weighted by atomic mass is 35.5. The molecule has 2 aromatic carbocycles. The minimum absolute atomic E-state index is 0.152. The number of carbonyl (C=O) groups excluding carboxylic acids is 1. The van der Waals surface area contributed by atoms with Gasteiger partial charge in [-0.05, 0) is 23.8 Å². The first-order valence-corrected chi connectivity index (χ1v) is 9.41. The van der Waals surface area contributed by atoms with Crippen molar-refractivity contribution in [1.82, 2.24) is 9.88 Å². The first-order valence-electron chi connectivity index (χ1n) is 8.65. The normalized spacial score (nSPS) is 14.8. The molecule has 1 aromatic heterocycles. The molecule has 4 rings (SSSR count). The number of amides is 1. The van der Waals surface area contributed by atoms with Gasteiger partial charge in [-0.2, -0.15) is 0 Å². The van der Waals surface area contributed by atoms with Gasteiger partial charge >= 0.3 is 0 Å². The number of hydrogen-bond donors (Lipinski definition) is 1. The number of aromatic amines is 1. The van der Waals surface area contributed by atoms with Gasteiger partial charge in [-0.15, -0.1) is 0 Å². The van der Waals surface area contributed by atoms with Gasteiger partial charge in [-0.25, -0.2) is 0 Å². The molecule has 1 saturated heterocycles. The topological polar surface area (TPSA) is 39.3 Å². The van der Waals surface area contributed by atoms with E-state index in [0.29, 0.717) is 29.6 Å². The van der Waals surface area contributed by atoms with Gasteiger partial charge in [0, 0.05) is 43.3 Å². The first-order chi connectivity index (χ1) is 12.6. The first kappa shape index (κ1) is 17.3. The number of nitrogens with zero attached hydrogens (tertiary/aromatic N) is 2. The second-order valence-corrected chi connectivity index (χ2v) is 7.29. The van der Waals surface area contributed by atoms with E-state index in [1.165, 1.54) is 0 Å². The third-order valence-electron chi connectivity index (χ3n) is 4.90. The Balaban J connectivity index is 1.42. The van der Waals surface area contributed by atoms with E-state index in [9.17, 15) is 4.79 Å². The quantitative estimate of drug-likeness (QED) is 0.724. The highest BCUT2D eigenvalue weighted by Crippen LogP contribution is 2.34. The van der Waals surface area contributed by atoms with Crippen LogP contribution in [0, 0.1) is 0 Å². The van der Waals surface area contributed by atoms with E-state index >= 15 is 0 Å². The Morgan fingerprint density at radius 2 is 1.65 bits per heavy atom. The lowest BCUT2D eigenvalue weighted by atomic mass is 10.1. The van der Waals surface area contributed by atoms with Crippen molar-refractivity contribution < 1.29 is 4.79 Å². The van der Waals surface area contributed by atoms with Gasteiger partial charge in [-0.3, -0.25) is 4.79 Å². The van der Waals surface area contributed by atoms with Gasteiger partial charge in [-0.1, -0.05) is 47.5 Å². The van der Waals surface area contributed by atoms with Crippen molar-refractivity contribution in [1.29, 1.82) is 0 Å². The summed E-state index contributed by atoms with van der Waals surface area (Å²) in [6.45, 7) is 2.79. The number of benzene rings is 2. The molecule has 0 radical (unpaired) electrons. The number of halogens is 2. The minimum Gasteiger partial charge on any atom is -0.366 e. The number of fused-ring (bicyclic) bond motifs is 1. The minimum atomic E-state index is 0.152. The molecule has 2 heterocycles. The molecular formula is C20H19Cl2N3O. The lowest BCUT2D eigenvalue weighted by Gasteiger charge is -2.37. The lowest BCUT2D eigenvalue weighted by molar-refractivity contribution is -0.130. The number of carbonyl (C=O) groups is 1. The largest absolute Gasteiger partial charge is 0.366 e. The number of anilines is 1. The highest BCUT2D eigenvalue weighted by molar-refractivity contribution is 6.39. The van der Waals surface area contributed by atoms with Crippen molar-refractivity contribution >= 4 is 45.7 Å². The summed E-state index contributed by atoms with van der Waals surface area (Å²) in [5, 5.41) is 2.41. The van der Waals surface area contributed by atoms with Gasteiger partial charge in [0.1, 0.15) is 0 Å². The third-order valence-corrected chi connectivity index (χ3v) is 5.51. The zero-order chi connectivity index (χ0) is 18.1. The van der Waals surface area contributed by atoms with Gasteiger partial charge in [0.2, 0.25) is 5.91 Å². The predicted molar refractivity (Wildman–Crippen MR) is 107 cm³/mol. The summed E-state index contributed by atoms with van der Waals surface area (Å²) in [5.74, 6) is 0.152. The van der Waals surface area contributed by atoms with Crippen LogP contribution in [0.15, 0.2) is 48.7 Å². The molecule has 0 saturated carbocycles. The summed E-state index contributed by atoms with van der Waals surface area (Å²) in [6, 6.07) is 13.6. The Bertz CT molecular complexity index is 925. The van der Waals surface area contributed by atoms with Crippen molar-refractivity contribution in [3.63, 3.8) is 0 Å². The van der Waals surface area contributed by atoms with Crippen LogP contribution in [0.2, 0.25) is 10.0 Å². The average molecular weight is 388 g/mol. The molecule has 4 nitrogen and oxygen atoms in total. The molecule has 0 unspecified atom stereocenters. The molecule has 26 heavy (non-hydrogen) atoms. The van der Waals surface area contributed by atoms with E-state index in [4.69, 9.17) is 23.2 Å². The van der Waals surface area contributed by atoms with Gasteiger partial charge in [0.25, 0.3) is 0 Å². The summed E-state index contributed by atoms with van der Waals surface area (Å²) in [7, 11) is 0. The zero-order valence-electron chi connectivity index (χ0n) is 14.2. The van der Waals surface area contributed by atoms with E-state index < -0.39 is 0 Å². The molecular weight excluding hydrogens is 369 g/mol. The molecule has 3 aromatic rings. The second kappa shape index (κ2) is 7.22. The van der Waals surface area contributed by atoms with Crippen LogP contribution in [0.1, 0.15) is 5.56 Å². The van der Waals surface area contributed by atoms with Crippen LogP contribution in [0.5, 0.6) is 0 Å². The molecule has 1 amide bonds. The van der Waals surface area contributed by atoms with E-state index in [1.807, 2.05) is 53.6 Å². The maximum atomic E-state index is 12.7. The summed E-state index contributed by atoms with van der Waals surface area (Å²) >= 11 is 12.6. The fourth-order valence-electron chi connectivity index (χ4n) is 3.52. The molecule has 0 bridgehead atoms. The monoisotopic (exact) mass is 387 g/mol. The van der Waals surface area contributed by atoms with E-state index in [0.717, 1.165) is 35.2 Å². The van der Waals surface area contributed by atoms with E-state index in [1.54, 1.807) is 0 Å². The van der Waals surface area contributed by atoms with E-state index in [-0.39, 0.29) is 5.91 Å². The van der Waals surface area contributed by atoms with Crippen molar-refractivity contribution in [3.8, 4) is 0 Å². The summed E-state index contributed by atoms with van der Waals surface area (Å²) in [6.07, 6.45) is 2.35. The highest BCUT2D eigenvalue weighted by Gasteiger charge is 2.24. The molecule has 1 fully saturated rings. The van der Waals surface area contributed by atoms with Crippen LogP contribution < -0.4 is 4.90 Å². The number of para-hydroxylation sites is 2. The van der Waals surface area contributed by atoms with Gasteiger partial charge in [0.05, 0.1) is 22.2 Å². The molecule has 0 atom stereocenters. The lowest BCUT2D eigenvalue weighted by Crippen LogP contribution is -2.49. The van der Waals surface area contributed by atoms with Gasteiger partial charge in [0.15, 0.2) is 0 Å². The molecule has 1 aliphatic rings. The molecule has 0 spiro atoms. The summed E-state index contributed by atoms with van der Waals surface area (Å²) in [5.41, 5.74) is 2.97. The maximum Gasteiger partial charge on any atom is 0.227 e. The van der Waals surface area contributed by atoms with Gasteiger partial charge < -0.3 is 14.8 Å². The molecule has 1 N–H and O–H groups in total. The van der Waals surface area contributed by atoms with Crippen LogP contribution >= 0.6 is 23.2 Å². The molecule has 6 heteroatoms. The Morgan fingerprint density at radius 3 is 2.38 bits per heavy atom. The average Bonchev–Trinajstić information content (AvgIpc) is 3.05. The van der Waals surface area contributed by atoms with Crippen LogP contribution in [-0.2, 0) is 11.2 Å². The van der Waals surface area contributed by atoms with Crippen molar-refractivity contribution in [3.05, 3.63) is 64.3 Å². The Morgan fingerprint density at radius 1 is 0.962 bits per heavy atom. The number of H-pyrrole nitrogens is 1. The number of hydrogen-bond acceptors (Lipinski definition) is 2. The second-order valence-electron chi connectivity index (χ2n) is 6.47. The van der Waals surface area contributed by atoms with Crippen LogP contribution in [0.25, 0.3) is 10.9 Å². The number of nitrogens with one attached hydrogen (secondary N) is 1. The Labute approximate surface area is 162 Å². The SMILES string of the molecule is O=C(Cc1c[nH]c2ccccc12)N1CCN(c2c(Cl)cccc2Cl)CC1. The van der Waals surface area contributed by atoms with Crippen LogP contribution in [0.3, 0.4) is 0 Å². The van der Waals surface area contributed by atoms with Crippen molar-refractivity contribution in [2.75, 3.05) is 31.1 Å². The number of aromatic nitrogens is 1. The standard InChI is InChI=1S/C20H19Cl2N3O/c21-16-5-3-6-17(22)20(16)25-10-8-24(9-11-25)19(26)12-14-13-23-18-7-2-1-4-15(14)18/h1-7,13,23H,8-12H2. The zero-order valence-corrected chi connectivity index (χ0v) is 15.7. The number of rotatable bonds is 3. The van der Waals surface area contributed by atoms with Crippen LogP contribution in [-0.4, -0.2) is 42.0 Å². The number of piperazine rings is 1. The predicted octanol–water partition coefficient (Wildman–Crippen LogP) is 4.37. The fraction of sp³-hybridized carbons (Fsp3) is 0.250. The van der Waals surface area contributed by atoms with Crippen LogP contribution in [0.4, 0.5) is 5.69 Å². The van der Waals surface area contributed by atoms with Crippen molar-refractivity contribution in [2.45, 2.75) is 6.42 Å². The summed E-state index contributed by atoms with van der Waals surface area (Å²) in [4.78, 5) is 20.0.